The van der Waals surface area contributed by atoms with Crippen molar-refractivity contribution in [3.63, 3.8) is 0 Å². The average molecular weight is 599 g/mol. The number of amides is 1. The van der Waals surface area contributed by atoms with E-state index in [0.29, 0.717) is 23.9 Å². The fourth-order valence-corrected chi connectivity index (χ4v) is 8.26. The lowest BCUT2D eigenvalue weighted by molar-refractivity contribution is -0.145. The fraction of sp³-hybridized carbons (Fsp3) is 0.595. The van der Waals surface area contributed by atoms with Gasteiger partial charge in [-0.2, -0.15) is 5.26 Å². The molecule has 7 nitrogen and oxygen atoms in total. The van der Waals surface area contributed by atoms with E-state index in [9.17, 15) is 20.0 Å². The third kappa shape index (κ3) is 7.03. The van der Waals surface area contributed by atoms with E-state index in [0.717, 1.165) is 76.8 Å². The highest BCUT2D eigenvalue weighted by atomic mass is 16.4. The number of carbonyl (C=O) groups is 2. The molecule has 3 atom stereocenters. The van der Waals surface area contributed by atoms with Crippen molar-refractivity contribution >= 4 is 11.9 Å². The van der Waals surface area contributed by atoms with Crippen LogP contribution in [-0.2, 0) is 15.0 Å². The largest absolute Gasteiger partial charge is 0.480 e. The van der Waals surface area contributed by atoms with Gasteiger partial charge >= 0.3 is 5.97 Å². The van der Waals surface area contributed by atoms with Crippen molar-refractivity contribution in [1.29, 1.82) is 5.26 Å². The standard InChI is InChI=1S/C37H50N4O3/c1-4-41(36(44)37(2,3)31-17-15-27(23-38)16-18-31)32-19-21-39(22-20-32)24-30-25-40(26-33(30)28-11-7-5-8-12-28)34(35(42)43)29-13-9-6-10-14-29/h5,7-8,11-12,15-18,29-30,32-34H,4,6,9-10,13-14,19-22,24-26H2,1-3H3,(H,42,43)/t30-,33+,34+/m0/s1. The zero-order valence-corrected chi connectivity index (χ0v) is 26.8. The smallest absolute Gasteiger partial charge is 0.321 e. The number of nitrogens with zero attached hydrogens (tertiary/aromatic N) is 4. The predicted molar refractivity (Wildman–Crippen MR) is 173 cm³/mol. The number of rotatable bonds is 10. The van der Waals surface area contributed by atoms with E-state index in [1.165, 1.54) is 12.0 Å². The molecule has 1 saturated carbocycles. The van der Waals surface area contributed by atoms with Gasteiger partial charge < -0.3 is 14.9 Å². The van der Waals surface area contributed by atoms with Gasteiger partial charge in [-0.05, 0) is 81.5 Å². The molecule has 2 saturated heterocycles. The monoisotopic (exact) mass is 598 g/mol. The minimum atomic E-state index is -0.670. The Bertz CT molecular complexity index is 1290. The number of carbonyl (C=O) groups excluding carboxylic acids is 1. The number of likely N-dealkylation sites (tertiary alicyclic amines) is 2. The van der Waals surface area contributed by atoms with Crippen molar-refractivity contribution in [3.05, 3.63) is 71.3 Å². The first kappa shape index (κ1) is 32.2. The molecule has 2 aliphatic heterocycles. The number of hydrogen-bond donors (Lipinski definition) is 1. The van der Waals surface area contributed by atoms with Crippen LogP contribution in [0.3, 0.4) is 0 Å². The van der Waals surface area contributed by atoms with Gasteiger partial charge in [0.25, 0.3) is 0 Å². The second-order valence-corrected chi connectivity index (χ2v) is 13.8. The maximum absolute atomic E-state index is 13.9. The molecule has 44 heavy (non-hydrogen) atoms. The molecule has 0 radical (unpaired) electrons. The Morgan fingerprint density at radius 3 is 2.23 bits per heavy atom. The van der Waals surface area contributed by atoms with Gasteiger partial charge in [-0.3, -0.25) is 14.5 Å². The molecule has 0 spiro atoms. The molecule has 5 rings (SSSR count). The highest BCUT2D eigenvalue weighted by Gasteiger charge is 2.44. The molecule has 1 amide bonds. The molecule has 3 fully saturated rings. The molecular weight excluding hydrogens is 548 g/mol. The normalized spacial score (nSPS) is 23.2. The van der Waals surface area contributed by atoms with Crippen LogP contribution in [0.15, 0.2) is 54.6 Å². The van der Waals surface area contributed by atoms with Crippen LogP contribution in [0.2, 0.25) is 0 Å². The van der Waals surface area contributed by atoms with E-state index in [1.54, 1.807) is 12.1 Å². The lowest BCUT2D eigenvalue weighted by Gasteiger charge is -2.42. The van der Waals surface area contributed by atoms with Gasteiger partial charge in [0.05, 0.1) is 17.0 Å². The van der Waals surface area contributed by atoms with Crippen LogP contribution in [0.25, 0.3) is 0 Å². The van der Waals surface area contributed by atoms with Gasteiger partial charge in [0.15, 0.2) is 0 Å². The third-order valence-corrected chi connectivity index (χ3v) is 10.8. The molecule has 0 unspecified atom stereocenters. The van der Waals surface area contributed by atoms with Crippen LogP contribution in [0.1, 0.15) is 88.3 Å². The molecule has 2 heterocycles. The Morgan fingerprint density at radius 2 is 1.64 bits per heavy atom. The Balaban J connectivity index is 1.24. The van der Waals surface area contributed by atoms with Gasteiger partial charge in [0, 0.05) is 51.2 Å². The van der Waals surface area contributed by atoms with Crippen molar-refractivity contribution < 1.29 is 14.7 Å². The van der Waals surface area contributed by atoms with Crippen LogP contribution in [0.4, 0.5) is 0 Å². The van der Waals surface area contributed by atoms with Gasteiger partial charge in [0.1, 0.15) is 6.04 Å². The summed E-state index contributed by atoms with van der Waals surface area (Å²) < 4.78 is 0. The van der Waals surface area contributed by atoms with Gasteiger partial charge in [-0.25, -0.2) is 0 Å². The van der Waals surface area contributed by atoms with Gasteiger partial charge in [-0.15, -0.1) is 0 Å². The van der Waals surface area contributed by atoms with Gasteiger partial charge in [-0.1, -0.05) is 61.7 Å². The molecule has 3 aliphatic rings. The molecule has 7 heteroatoms. The van der Waals surface area contributed by atoms with Crippen molar-refractivity contribution in [2.24, 2.45) is 11.8 Å². The minimum Gasteiger partial charge on any atom is -0.480 e. The number of carboxylic acid groups (broad SMARTS) is 1. The summed E-state index contributed by atoms with van der Waals surface area (Å²) >= 11 is 0. The second kappa shape index (κ2) is 14.3. The number of benzene rings is 2. The fourth-order valence-electron chi connectivity index (χ4n) is 8.26. The SMILES string of the molecule is CCN(C(=O)C(C)(C)c1ccc(C#N)cc1)C1CCN(C[C@H]2CN([C@@H](C(=O)O)C3CCCCC3)C[C@@H]2c2ccccc2)CC1. The number of carboxylic acids is 1. The third-order valence-electron chi connectivity index (χ3n) is 10.8. The Morgan fingerprint density at radius 1 is 0.977 bits per heavy atom. The van der Waals surface area contributed by atoms with Crippen LogP contribution < -0.4 is 0 Å². The summed E-state index contributed by atoms with van der Waals surface area (Å²) in [7, 11) is 0. The molecule has 1 aliphatic carbocycles. The summed E-state index contributed by atoms with van der Waals surface area (Å²) in [6, 6.07) is 20.1. The lowest BCUT2D eigenvalue weighted by atomic mass is 9.82. The van der Waals surface area contributed by atoms with Crippen LogP contribution >= 0.6 is 0 Å². The molecule has 1 N–H and O–H groups in total. The maximum Gasteiger partial charge on any atom is 0.321 e. The van der Waals surface area contributed by atoms with Crippen molar-refractivity contribution in [2.45, 2.75) is 89.1 Å². The summed E-state index contributed by atoms with van der Waals surface area (Å²) in [5.41, 5.74) is 2.18. The summed E-state index contributed by atoms with van der Waals surface area (Å²) in [5.74, 6) is 0.428. The van der Waals surface area contributed by atoms with E-state index >= 15 is 0 Å². The predicted octanol–water partition coefficient (Wildman–Crippen LogP) is 5.90. The maximum atomic E-state index is 13.9. The van der Waals surface area contributed by atoms with Crippen molar-refractivity contribution in [1.82, 2.24) is 14.7 Å². The highest BCUT2D eigenvalue weighted by Crippen LogP contribution is 2.39. The Labute approximate surface area is 263 Å². The molecule has 0 aromatic heterocycles. The summed E-state index contributed by atoms with van der Waals surface area (Å²) in [6.45, 7) is 11.2. The molecule has 2 aromatic carbocycles. The Kier molecular flexibility index (Phi) is 10.4. The number of aliphatic carboxylic acids is 1. The van der Waals surface area contributed by atoms with Gasteiger partial charge in [0.2, 0.25) is 5.91 Å². The van der Waals surface area contributed by atoms with E-state index in [2.05, 4.69) is 58.0 Å². The summed E-state index contributed by atoms with van der Waals surface area (Å²) in [4.78, 5) is 33.4. The summed E-state index contributed by atoms with van der Waals surface area (Å²) in [5, 5.41) is 19.5. The average Bonchev–Trinajstić information content (AvgIpc) is 3.45. The number of piperidine rings is 1. The van der Waals surface area contributed by atoms with E-state index in [4.69, 9.17) is 0 Å². The second-order valence-electron chi connectivity index (χ2n) is 13.8. The first-order chi connectivity index (χ1) is 21.2. The molecule has 0 bridgehead atoms. The van der Waals surface area contributed by atoms with Crippen molar-refractivity contribution in [2.75, 3.05) is 39.3 Å². The van der Waals surface area contributed by atoms with E-state index in [1.807, 2.05) is 26.0 Å². The topological polar surface area (TPSA) is 87.9 Å². The lowest BCUT2D eigenvalue weighted by Crippen LogP contribution is -2.52. The molecule has 236 valence electrons. The van der Waals surface area contributed by atoms with Crippen LogP contribution in [0.5, 0.6) is 0 Å². The Hall–Kier alpha value is -3.21. The minimum absolute atomic E-state index is 0.140. The van der Waals surface area contributed by atoms with E-state index < -0.39 is 11.4 Å². The van der Waals surface area contributed by atoms with Crippen LogP contribution in [-0.4, -0.2) is 83.0 Å². The first-order valence-corrected chi connectivity index (χ1v) is 16.8. The first-order valence-electron chi connectivity index (χ1n) is 16.8. The van der Waals surface area contributed by atoms with E-state index in [-0.39, 0.29) is 23.9 Å². The number of nitriles is 1. The molecule has 2 aromatic rings. The quantitative estimate of drug-likeness (QED) is 0.367. The molecular formula is C37H50N4O3. The summed E-state index contributed by atoms with van der Waals surface area (Å²) in [6.07, 6.45) is 7.44. The highest BCUT2D eigenvalue weighted by molar-refractivity contribution is 5.87. The van der Waals surface area contributed by atoms with Crippen molar-refractivity contribution in [3.8, 4) is 6.07 Å². The van der Waals surface area contributed by atoms with Crippen LogP contribution in [0, 0.1) is 23.2 Å². The zero-order valence-electron chi connectivity index (χ0n) is 26.8. The zero-order chi connectivity index (χ0) is 31.3. The number of likely N-dealkylation sites (N-methyl/N-ethyl adjacent to an activating group) is 1. The number of hydrogen-bond acceptors (Lipinski definition) is 5.